The summed E-state index contributed by atoms with van der Waals surface area (Å²) in [4.78, 5) is 29.3. The van der Waals surface area contributed by atoms with Crippen molar-refractivity contribution in [1.29, 1.82) is 0 Å². The number of halogens is 4. The SMILES string of the molecule is Cc1nn(CC(=O)C[C@@H](Cc2cc(F)cc(F)c2)c2ncccc2-c2ccc(F)c(C(N)=O)c2)cc1Br. The minimum absolute atomic E-state index is 0.00894. The van der Waals surface area contributed by atoms with Gasteiger partial charge in [-0.1, -0.05) is 12.1 Å². The molecular formula is C27H22BrF3N4O2. The van der Waals surface area contributed by atoms with Crippen molar-refractivity contribution in [3.8, 4) is 11.1 Å². The second-order valence-electron chi connectivity index (χ2n) is 8.68. The summed E-state index contributed by atoms with van der Waals surface area (Å²) in [7, 11) is 0. The lowest BCUT2D eigenvalue weighted by atomic mass is 9.86. The third kappa shape index (κ3) is 6.32. The molecule has 37 heavy (non-hydrogen) atoms. The number of nitrogens with zero attached hydrogens (tertiary/aromatic N) is 3. The number of hydrogen-bond donors (Lipinski definition) is 1. The molecule has 2 aromatic carbocycles. The summed E-state index contributed by atoms with van der Waals surface area (Å²) in [6.07, 6.45) is 3.33. The molecule has 0 fully saturated rings. The highest BCUT2D eigenvalue weighted by Gasteiger charge is 2.23. The quantitative estimate of drug-likeness (QED) is 0.287. The number of ketones is 1. The van der Waals surface area contributed by atoms with Crippen LogP contribution in [-0.2, 0) is 17.8 Å². The van der Waals surface area contributed by atoms with Gasteiger partial charge in [-0.25, -0.2) is 13.2 Å². The van der Waals surface area contributed by atoms with Crippen LogP contribution in [0.2, 0.25) is 0 Å². The van der Waals surface area contributed by atoms with Crippen molar-refractivity contribution in [3.63, 3.8) is 0 Å². The lowest BCUT2D eigenvalue weighted by Crippen LogP contribution is -2.17. The smallest absolute Gasteiger partial charge is 0.251 e. The normalized spacial score (nSPS) is 11.9. The zero-order valence-corrected chi connectivity index (χ0v) is 21.3. The summed E-state index contributed by atoms with van der Waals surface area (Å²) in [5.41, 5.74) is 7.58. The minimum atomic E-state index is -0.924. The van der Waals surface area contributed by atoms with Gasteiger partial charge in [0.1, 0.15) is 17.5 Å². The van der Waals surface area contributed by atoms with E-state index in [0.717, 1.165) is 22.3 Å². The molecule has 0 aliphatic carbocycles. The van der Waals surface area contributed by atoms with E-state index < -0.39 is 29.3 Å². The van der Waals surface area contributed by atoms with Crippen LogP contribution in [0.4, 0.5) is 13.2 Å². The van der Waals surface area contributed by atoms with Crippen LogP contribution in [0.25, 0.3) is 11.1 Å². The van der Waals surface area contributed by atoms with Gasteiger partial charge >= 0.3 is 0 Å². The molecule has 0 radical (unpaired) electrons. The van der Waals surface area contributed by atoms with Crippen LogP contribution >= 0.6 is 15.9 Å². The number of aromatic nitrogens is 3. The standard InChI is InChI=1S/C27H22BrF3N4O2/c1-15-24(28)14-35(34-15)13-21(36)10-18(7-16-8-19(29)12-20(30)9-16)26-22(3-2-6-33-26)17-4-5-25(31)23(11-17)27(32)37/h2-6,8-9,11-12,14,18H,7,10,13H2,1H3,(H2,32,37)/t18-/m1/s1. The van der Waals surface area contributed by atoms with Gasteiger partial charge in [-0.2, -0.15) is 5.10 Å². The maximum Gasteiger partial charge on any atom is 0.251 e. The number of carbonyl (C=O) groups excluding carboxylic acids is 2. The Labute approximate surface area is 219 Å². The minimum Gasteiger partial charge on any atom is -0.366 e. The number of benzene rings is 2. The van der Waals surface area contributed by atoms with Crippen LogP contribution in [0.15, 0.2) is 65.4 Å². The maximum atomic E-state index is 14.1. The Kier molecular flexibility index (Phi) is 7.87. The summed E-state index contributed by atoms with van der Waals surface area (Å²) in [6.45, 7) is 1.79. The molecule has 4 aromatic rings. The average molecular weight is 571 g/mol. The zero-order valence-electron chi connectivity index (χ0n) is 19.7. The predicted octanol–water partition coefficient (Wildman–Crippen LogP) is 5.52. The van der Waals surface area contributed by atoms with Gasteiger partial charge in [0, 0.05) is 36.4 Å². The van der Waals surface area contributed by atoms with Gasteiger partial charge in [-0.3, -0.25) is 19.3 Å². The molecule has 2 aromatic heterocycles. The third-order valence-electron chi connectivity index (χ3n) is 5.87. The Morgan fingerprint density at radius 2 is 1.81 bits per heavy atom. The topological polar surface area (TPSA) is 90.9 Å². The first-order valence-corrected chi connectivity index (χ1v) is 12.1. The molecule has 190 valence electrons. The molecule has 1 atom stereocenters. The van der Waals surface area contributed by atoms with Crippen molar-refractivity contribution in [2.75, 3.05) is 0 Å². The maximum absolute atomic E-state index is 14.1. The van der Waals surface area contributed by atoms with Crippen LogP contribution < -0.4 is 5.73 Å². The lowest BCUT2D eigenvalue weighted by Gasteiger charge is -2.20. The fourth-order valence-corrected chi connectivity index (χ4v) is 4.56. The molecule has 0 spiro atoms. The van der Waals surface area contributed by atoms with Crippen molar-refractivity contribution in [1.82, 2.24) is 14.8 Å². The predicted molar refractivity (Wildman–Crippen MR) is 135 cm³/mol. The van der Waals surface area contributed by atoms with Gasteiger partial charge in [-0.15, -0.1) is 0 Å². The van der Waals surface area contributed by atoms with Crippen LogP contribution in [-0.4, -0.2) is 26.5 Å². The Morgan fingerprint density at radius 1 is 1.08 bits per heavy atom. The van der Waals surface area contributed by atoms with Gasteiger partial charge in [0.2, 0.25) is 0 Å². The van der Waals surface area contributed by atoms with Gasteiger partial charge < -0.3 is 5.73 Å². The van der Waals surface area contributed by atoms with Crippen LogP contribution in [0, 0.1) is 24.4 Å². The van der Waals surface area contributed by atoms with Crippen molar-refractivity contribution < 1.29 is 22.8 Å². The number of carbonyl (C=O) groups is 2. The molecule has 0 aliphatic heterocycles. The Balaban J connectivity index is 1.74. The van der Waals surface area contributed by atoms with Gasteiger partial charge in [0.05, 0.1) is 28.0 Å². The Bertz CT molecular complexity index is 1450. The van der Waals surface area contributed by atoms with E-state index in [0.29, 0.717) is 22.4 Å². The number of aryl methyl sites for hydroxylation is 1. The van der Waals surface area contributed by atoms with E-state index in [-0.39, 0.29) is 30.7 Å². The van der Waals surface area contributed by atoms with E-state index in [4.69, 9.17) is 5.73 Å². The van der Waals surface area contributed by atoms with Crippen molar-refractivity contribution in [2.24, 2.45) is 5.73 Å². The third-order valence-corrected chi connectivity index (χ3v) is 6.65. The molecule has 2 N–H and O–H groups in total. The molecule has 10 heteroatoms. The van der Waals surface area contributed by atoms with Crippen LogP contribution in [0.5, 0.6) is 0 Å². The molecule has 0 saturated heterocycles. The molecule has 0 bridgehead atoms. The molecule has 2 heterocycles. The van der Waals surface area contributed by atoms with Crippen LogP contribution in [0.3, 0.4) is 0 Å². The van der Waals surface area contributed by atoms with Gasteiger partial charge in [-0.05, 0) is 70.7 Å². The number of hydrogen-bond acceptors (Lipinski definition) is 4. The number of amides is 1. The van der Waals surface area contributed by atoms with E-state index in [1.807, 2.05) is 0 Å². The van der Waals surface area contributed by atoms with E-state index >= 15 is 0 Å². The largest absolute Gasteiger partial charge is 0.366 e. The molecular weight excluding hydrogens is 549 g/mol. The molecule has 1 amide bonds. The van der Waals surface area contributed by atoms with Crippen molar-refractivity contribution in [3.05, 3.63) is 105 Å². The monoisotopic (exact) mass is 570 g/mol. The van der Waals surface area contributed by atoms with Crippen LogP contribution in [0.1, 0.15) is 39.6 Å². The van der Waals surface area contributed by atoms with Crippen molar-refractivity contribution >= 4 is 27.6 Å². The van der Waals surface area contributed by atoms with Crippen molar-refractivity contribution in [2.45, 2.75) is 32.2 Å². The van der Waals surface area contributed by atoms with E-state index in [9.17, 15) is 22.8 Å². The molecule has 4 rings (SSSR count). The lowest BCUT2D eigenvalue weighted by molar-refractivity contribution is -0.120. The first-order chi connectivity index (χ1) is 17.6. The zero-order chi connectivity index (χ0) is 26.7. The summed E-state index contributed by atoms with van der Waals surface area (Å²) in [5, 5.41) is 4.29. The molecule has 0 saturated carbocycles. The van der Waals surface area contributed by atoms with Gasteiger partial charge in [0.25, 0.3) is 5.91 Å². The molecule has 0 unspecified atom stereocenters. The van der Waals surface area contributed by atoms with E-state index in [1.165, 1.54) is 35.1 Å². The second-order valence-corrected chi connectivity index (χ2v) is 9.53. The number of pyridine rings is 1. The fourth-order valence-electron chi connectivity index (χ4n) is 4.24. The summed E-state index contributed by atoms with van der Waals surface area (Å²) in [6, 6.07) is 10.5. The fraction of sp³-hybridized carbons (Fsp3) is 0.185. The molecule has 0 aliphatic rings. The Morgan fingerprint density at radius 3 is 2.46 bits per heavy atom. The first-order valence-electron chi connectivity index (χ1n) is 11.3. The summed E-state index contributed by atoms with van der Waals surface area (Å²) >= 11 is 3.37. The number of rotatable bonds is 9. The first kappa shape index (κ1) is 26.3. The van der Waals surface area contributed by atoms with E-state index in [2.05, 4.69) is 26.0 Å². The number of Topliss-reactive ketones (excluding diaryl/α,β-unsaturated/α-hetero) is 1. The highest BCUT2D eigenvalue weighted by molar-refractivity contribution is 9.10. The average Bonchev–Trinajstić information content (AvgIpc) is 3.14. The van der Waals surface area contributed by atoms with E-state index in [1.54, 1.807) is 25.3 Å². The van der Waals surface area contributed by atoms with Gasteiger partial charge in [0.15, 0.2) is 5.78 Å². The summed E-state index contributed by atoms with van der Waals surface area (Å²) < 4.78 is 44.3. The second kappa shape index (κ2) is 11.1. The number of nitrogens with two attached hydrogens (primary N) is 1. The summed E-state index contributed by atoms with van der Waals surface area (Å²) in [5.74, 6) is -3.92. The highest BCUT2D eigenvalue weighted by Crippen LogP contribution is 2.33. The molecule has 6 nitrogen and oxygen atoms in total. The Hall–Kier alpha value is -3.79. The highest BCUT2D eigenvalue weighted by atomic mass is 79.9. The number of primary amides is 1.